The van der Waals surface area contributed by atoms with Crippen LogP contribution in [0.25, 0.3) is 11.3 Å². The van der Waals surface area contributed by atoms with Crippen LogP contribution in [0, 0.1) is 5.82 Å². The smallest absolute Gasteiger partial charge is 0.323 e. The van der Waals surface area contributed by atoms with Crippen molar-refractivity contribution in [1.82, 2.24) is 4.90 Å². The number of halogens is 1. The van der Waals surface area contributed by atoms with Crippen molar-refractivity contribution in [2.75, 3.05) is 25.5 Å². The molecule has 1 atom stereocenters. The van der Waals surface area contributed by atoms with Crippen molar-refractivity contribution >= 4 is 28.9 Å². The number of carbonyl (C=O) groups excluding carboxylic acids is 2. The standard InChI is InChI=1S/C25H25FN2O4/c1-31-25(30)21-4-2-3-10-28(21)11-9-15-5-7-18-16(12-15)14-32-23(18)22-19-13-17(26)6-8-20(19)27-24(22)29/h5-8,12-13,21H,2-4,9-11,14H2,1H3,(H,27,29). The van der Waals surface area contributed by atoms with E-state index in [9.17, 15) is 14.0 Å². The maximum absolute atomic E-state index is 13.8. The highest BCUT2D eigenvalue weighted by Gasteiger charge is 2.33. The van der Waals surface area contributed by atoms with Crippen molar-refractivity contribution in [3.8, 4) is 0 Å². The molecule has 3 aliphatic rings. The number of amides is 1. The van der Waals surface area contributed by atoms with Crippen LogP contribution in [0.3, 0.4) is 0 Å². The van der Waals surface area contributed by atoms with Gasteiger partial charge in [0.15, 0.2) is 0 Å². The molecule has 2 aromatic rings. The third kappa shape index (κ3) is 3.66. The van der Waals surface area contributed by atoms with Gasteiger partial charge in [-0.25, -0.2) is 4.39 Å². The van der Waals surface area contributed by atoms with Crippen LogP contribution in [0.5, 0.6) is 0 Å². The van der Waals surface area contributed by atoms with Crippen LogP contribution in [0.1, 0.15) is 41.5 Å². The fraction of sp³-hybridized carbons (Fsp3) is 0.360. The van der Waals surface area contributed by atoms with Gasteiger partial charge in [-0.2, -0.15) is 0 Å². The summed E-state index contributed by atoms with van der Waals surface area (Å²) in [6, 6.07) is 10.2. The van der Waals surface area contributed by atoms with Gasteiger partial charge in [0.2, 0.25) is 0 Å². The molecule has 6 nitrogen and oxygen atoms in total. The summed E-state index contributed by atoms with van der Waals surface area (Å²) in [5, 5.41) is 2.78. The number of esters is 1. The summed E-state index contributed by atoms with van der Waals surface area (Å²) in [4.78, 5) is 26.9. The number of nitrogens with one attached hydrogen (secondary N) is 1. The molecule has 5 rings (SSSR count). The second-order valence-corrected chi connectivity index (χ2v) is 8.45. The Morgan fingerprint density at radius 2 is 2.09 bits per heavy atom. The number of nitrogens with zero attached hydrogens (tertiary/aromatic N) is 1. The zero-order valence-electron chi connectivity index (χ0n) is 17.9. The normalized spacial score (nSPS) is 22.2. The van der Waals surface area contributed by atoms with Gasteiger partial charge in [-0.3, -0.25) is 14.5 Å². The van der Waals surface area contributed by atoms with Crippen LogP contribution in [0.2, 0.25) is 0 Å². The zero-order chi connectivity index (χ0) is 22.2. The van der Waals surface area contributed by atoms with Gasteiger partial charge in [-0.15, -0.1) is 0 Å². The molecule has 7 heteroatoms. The third-order valence-corrected chi connectivity index (χ3v) is 6.51. The van der Waals surface area contributed by atoms with Gasteiger partial charge in [0.05, 0.1) is 12.7 Å². The SMILES string of the molecule is COC(=O)C1CCCCN1CCc1ccc2c(c1)COC2=C1C(=O)Nc2ccc(F)cc21. The van der Waals surface area contributed by atoms with Gasteiger partial charge in [-0.05, 0) is 49.6 Å². The van der Waals surface area contributed by atoms with Crippen molar-refractivity contribution < 1.29 is 23.5 Å². The maximum Gasteiger partial charge on any atom is 0.323 e. The highest BCUT2D eigenvalue weighted by molar-refractivity contribution is 6.36. The van der Waals surface area contributed by atoms with E-state index in [1.165, 1.54) is 19.2 Å². The number of benzene rings is 2. The molecular formula is C25H25FN2O4. The van der Waals surface area contributed by atoms with Gasteiger partial charge in [0, 0.05) is 28.9 Å². The minimum absolute atomic E-state index is 0.158. The van der Waals surface area contributed by atoms with Gasteiger partial charge in [0.25, 0.3) is 5.91 Å². The minimum atomic E-state index is -0.394. The lowest BCUT2D eigenvalue weighted by Crippen LogP contribution is -2.46. The number of hydrogen-bond donors (Lipinski definition) is 1. The van der Waals surface area contributed by atoms with Gasteiger partial charge in [-0.1, -0.05) is 24.6 Å². The van der Waals surface area contributed by atoms with E-state index >= 15 is 0 Å². The number of methoxy groups -OCH3 is 1. The Hall–Kier alpha value is -3.19. The number of carbonyl (C=O) groups is 2. The molecular weight excluding hydrogens is 411 g/mol. The molecule has 0 saturated carbocycles. The van der Waals surface area contributed by atoms with Crippen LogP contribution < -0.4 is 5.32 Å². The Morgan fingerprint density at radius 1 is 1.22 bits per heavy atom. The first-order valence-electron chi connectivity index (χ1n) is 11.0. The van der Waals surface area contributed by atoms with Crippen molar-refractivity contribution in [2.45, 2.75) is 38.3 Å². The van der Waals surface area contributed by atoms with E-state index in [1.54, 1.807) is 6.07 Å². The molecule has 0 bridgehead atoms. The second-order valence-electron chi connectivity index (χ2n) is 8.45. The summed E-state index contributed by atoms with van der Waals surface area (Å²) >= 11 is 0. The van der Waals surface area contributed by atoms with Crippen LogP contribution in [-0.4, -0.2) is 43.0 Å². The van der Waals surface area contributed by atoms with E-state index in [0.29, 0.717) is 29.2 Å². The summed E-state index contributed by atoms with van der Waals surface area (Å²) in [5.41, 5.74) is 4.51. The number of anilines is 1. The lowest BCUT2D eigenvalue weighted by Gasteiger charge is -2.33. The summed E-state index contributed by atoms with van der Waals surface area (Å²) in [6.45, 7) is 2.05. The van der Waals surface area contributed by atoms with E-state index < -0.39 is 5.82 Å². The Balaban J connectivity index is 1.37. The molecule has 2 aromatic carbocycles. The Kier molecular flexibility index (Phi) is 5.43. The Labute approximate surface area is 186 Å². The van der Waals surface area contributed by atoms with Crippen molar-refractivity contribution in [3.05, 3.63) is 64.5 Å². The van der Waals surface area contributed by atoms with Crippen LogP contribution in [-0.2, 0) is 32.1 Å². The number of piperidine rings is 1. The maximum atomic E-state index is 13.8. The molecule has 0 aromatic heterocycles. The largest absolute Gasteiger partial charge is 0.487 e. The van der Waals surface area contributed by atoms with Crippen molar-refractivity contribution in [2.24, 2.45) is 0 Å². The quantitative estimate of drug-likeness (QED) is 0.584. The summed E-state index contributed by atoms with van der Waals surface area (Å²) in [5.74, 6) is -0.337. The average Bonchev–Trinajstić information content (AvgIpc) is 3.36. The molecule has 1 N–H and O–H groups in total. The van der Waals surface area contributed by atoms with E-state index in [4.69, 9.17) is 9.47 Å². The summed E-state index contributed by atoms with van der Waals surface area (Å²) in [6.07, 6.45) is 3.78. The fourth-order valence-electron chi connectivity index (χ4n) is 4.88. The molecule has 32 heavy (non-hydrogen) atoms. The van der Waals surface area contributed by atoms with Crippen molar-refractivity contribution in [1.29, 1.82) is 0 Å². The average molecular weight is 436 g/mol. The predicted octanol–water partition coefficient (Wildman–Crippen LogP) is 3.75. The molecule has 3 heterocycles. The van der Waals surface area contributed by atoms with Crippen LogP contribution in [0.15, 0.2) is 36.4 Å². The van der Waals surface area contributed by atoms with E-state index in [1.807, 2.05) is 12.1 Å². The molecule has 3 aliphatic heterocycles. The van der Waals surface area contributed by atoms with Gasteiger partial charge in [0.1, 0.15) is 24.2 Å². The number of fused-ring (bicyclic) bond motifs is 2. The Morgan fingerprint density at radius 3 is 2.94 bits per heavy atom. The fourth-order valence-corrected chi connectivity index (χ4v) is 4.88. The second kappa shape index (κ2) is 8.39. The molecule has 1 amide bonds. The summed E-state index contributed by atoms with van der Waals surface area (Å²) in [7, 11) is 1.44. The molecule has 0 spiro atoms. The summed E-state index contributed by atoms with van der Waals surface area (Å²) < 4.78 is 24.7. The van der Waals surface area contributed by atoms with Crippen LogP contribution in [0.4, 0.5) is 10.1 Å². The lowest BCUT2D eigenvalue weighted by atomic mass is 9.97. The van der Waals surface area contributed by atoms with E-state index in [-0.39, 0.29) is 17.9 Å². The van der Waals surface area contributed by atoms with Gasteiger partial charge < -0.3 is 14.8 Å². The molecule has 1 saturated heterocycles. The Bertz CT molecular complexity index is 1130. The number of ether oxygens (including phenoxy) is 2. The molecule has 166 valence electrons. The lowest BCUT2D eigenvalue weighted by molar-refractivity contribution is -0.148. The topological polar surface area (TPSA) is 67.9 Å². The first kappa shape index (κ1) is 20.7. The van der Waals surface area contributed by atoms with E-state index in [2.05, 4.69) is 16.3 Å². The number of hydrogen-bond acceptors (Lipinski definition) is 5. The molecule has 0 aliphatic carbocycles. The van der Waals surface area contributed by atoms with Crippen LogP contribution >= 0.6 is 0 Å². The van der Waals surface area contributed by atoms with Gasteiger partial charge >= 0.3 is 5.97 Å². The predicted molar refractivity (Wildman–Crippen MR) is 118 cm³/mol. The molecule has 0 radical (unpaired) electrons. The highest BCUT2D eigenvalue weighted by Crippen LogP contribution is 2.42. The first-order chi connectivity index (χ1) is 15.5. The monoisotopic (exact) mass is 436 g/mol. The molecule has 1 fully saturated rings. The molecule has 1 unspecified atom stereocenters. The van der Waals surface area contributed by atoms with E-state index in [0.717, 1.165) is 55.5 Å². The third-order valence-electron chi connectivity index (χ3n) is 6.51. The number of likely N-dealkylation sites (tertiary alicyclic amines) is 1. The zero-order valence-corrected chi connectivity index (χ0v) is 17.9. The van der Waals surface area contributed by atoms with Crippen molar-refractivity contribution in [3.63, 3.8) is 0 Å². The number of rotatable bonds is 4. The minimum Gasteiger partial charge on any atom is -0.487 e. The highest BCUT2D eigenvalue weighted by atomic mass is 19.1. The first-order valence-corrected chi connectivity index (χ1v) is 11.0.